The van der Waals surface area contributed by atoms with Crippen molar-refractivity contribution in [3.63, 3.8) is 0 Å². The molecule has 19 heavy (non-hydrogen) atoms. The van der Waals surface area contributed by atoms with Gasteiger partial charge < -0.3 is 15.2 Å². The van der Waals surface area contributed by atoms with Gasteiger partial charge in [0.2, 0.25) is 0 Å². The molecule has 1 amide bonds. The van der Waals surface area contributed by atoms with Gasteiger partial charge in [-0.05, 0) is 24.6 Å². The zero-order chi connectivity index (χ0) is 13.2. The van der Waals surface area contributed by atoms with E-state index in [9.17, 15) is 4.79 Å². The highest BCUT2D eigenvalue weighted by Crippen LogP contribution is 2.15. The van der Waals surface area contributed by atoms with Crippen LogP contribution >= 0.6 is 0 Å². The summed E-state index contributed by atoms with van der Waals surface area (Å²) in [6.45, 7) is 1.39. The molecule has 1 aliphatic rings. The quantitative estimate of drug-likeness (QED) is 0.873. The maximum Gasteiger partial charge on any atom is 0.253 e. The molecule has 2 aromatic rings. The van der Waals surface area contributed by atoms with Gasteiger partial charge in [0.1, 0.15) is 0 Å². The SMILES string of the molecule is N[C@H]1CCN(C(=O)c2cccc(-n3ccnc3)c2)C1. The molecule has 5 heteroatoms. The van der Waals surface area contributed by atoms with Crippen molar-refractivity contribution in [3.8, 4) is 5.69 Å². The van der Waals surface area contributed by atoms with E-state index in [-0.39, 0.29) is 11.9 Å². The summed E-state index contributed by atoms with van der Waals surface area (Å²) in [4.78, 5) is 18.2. The molecule has 1 aromatic heterocycles. The number of rotatable bonds is 2. The summed E-state index contributed by atoms with van der Waals surface area (Å²) in [6, 6.07) is 7.67. The van der Waals surface area contributed by atoms with Crippen molar-refractivity contribution in [3.05, 3.63) is 48.5 Å². The van der Waals surface area contributed by atoms with Crippen LogP contribution in [0.25, 0.3) is 5.69 Å². The number of nitrogens with two attached hydrogens (primary N) is 1. The molecule has 0 spiro atoms. The average Bonchev–Trinajstić information content (AvgIpc) is 3.09. The van der Waals surface area contributed by atoms with Gasteiger partial charge in [-0.3, -0.25) is 4.79 Å². The third-order valence-electron chi connectivity index (χ3n) is 3.41. The van der Waals surface area contributed by atoms with Crippen LogP contribution in [0.3, 0.4) is 0 Å². The standard InChI is InChI=1S/C14H16N4O/c15-12-4-6-17(9-12)14(19)11-2-1-3-13(8-11)18-7-5-16-10-18/h1-3,5,7-8,10,12H,4,6,9,15H2/t12-/m0/s1. The van der Waals surface area contributed by atoms with Crippen molar-refractivity contribution in [2.75, 3.05) is 13.1 Å². The number of hydrogen-bond donors (Lipinski definition) is 1. The number of amides is 1. The number of likely N-dealkylation sites (tertiary alicyclic amines) is 1. The molecule has 1 aliphatic heterocycles. The molecular formula is C14H16N4O. The van der Waals surface area contributed by atoms with Gasteiger partial charge >= 0.3 is 0 Å². The van der Waals surface area contributed by atoms with Gasteiger partial charge in [-0.25, -0.2) is 4.98 Å². The highest BCUT2D eigenvalue weighted by atomic mass is 16.2. The van der Waals surface area contributed by atoms with Crippen LogP contribution in [0, 0.1) is 0 Å². The lowest BCUT2D eigenvalue weighted by molar-refractivity contribution is 0.0791. The third kappa shape index (κ3) is 2.37. The molecule has 1 atom stereocenters. The molecule has 5 nitrogen and oxygen atoms in total. The molecule has 2 N–H and O–H groups in total. The molecule has 3 rings (SSSR count). The fraction of sp³-hybridized carbons (Fsp3) is 0.286. The van der Waals surface area contributed by atoms with Crippen molar-refractivity contribution in [2.45, 2.75) is 12.5 Å². The van der Waals surface area contributed by atoms with Crippen molar-refractivity contribution < 1.29 is 4.79 Å². The third-order valence-corrected chi connectivity index (χ3v) is 3.41. The van der Waals surface area contributed by atoms with Crippen LogP contribution in [-0.2, 0) is 0 Å². The molecule has 1 fully saturated rings. The molecule has 0 unspecified atom stereocenters. The van der Waals surface area contributed by atoms with Crippen molar-refractivity contribution in [2.24, 2.45) is 5.73 Å². The Morgan fingerprint density at radius 2 is 2.32 bits per heavy atom. The van der Waals surface area contributed by atoms with E-state index < -0.39 is 0 Å². The second-order valence-electron chi connectivity index (χ2n) is 4.82. The van der Waals surface area contributed by atoms with Gasteiger partial charge in [0, 0.05) is 42.8 Å². The molecule has 1 aromatic carbocycles. The maximum absolute atomic E-state index is 12.4. The maximum atomic E-state index is 12.4. The number of carbonyl (C=O) groups is 1. The van der Waals surface area contributed by atoms with Crippen LogP contribution in [0.2, 0.25) is 0 Å². The Hall–Kier alpha value is -2.14. The molecule has 98 valence electrons. The molecule has 0 bridgehead atoms. The zero-order valence-corrected chi connectivity index (χ0v) is 10.6. The van der Waals surface area contributed by atoms with E-state index in [0.29, 0.717) is 12.1 Å². The fourth-order valence-corrected chi connectivity index (χ4v) is 2.37. The van der Waals surface area contributed by atoms with Gasteiger partial charge in [-0.15, -0.1) is 0 Å². The fourth-order valence-electron chi connectivity index (χ4n) is 2.37. The Balaban J connectivity index is 1.85. The summed E-state index contributed by atoms with van der Waals surface area (Å²) in [7, 11) is 0. The number of nitrogens with zero attached hydrogens (tertiary/aromatic N) is 3. The van der Waals surface area contributed by atoms with Crippen LogP contribution in [0.1, 0.15) is 16.8 Å². The van der Waals surface area contributed by atoms with E-state index in [4.69, 9.17) is 5.73 Å². The summed E-state index contributed by atoms with van der Waals surface area (Å²) in [5, 5.41) is 0. The number of carbonyl (C=O) groups excluding carboxylic acids is 1. The largest absolute Gasteiger partial charge is 0.337 e. The van der Waals surface area contributed by atoms with Crippen LogP contribution in [-0.4, -0.2) is 39.5 Å². The van der Waals surface area contributed by atoms with Crippen LogP contribution < -0.4 is 5.73 Å². The van der Waals surface area contributed by atoms with Crippen molar-refractivity contribution >= 4 is 5.91 Å². The Bertz CT molecular complexity index is 579. The van der Waals surface area contributed by atoms with E-state index in [0.717, 1.165) is 18.7 Å². The van der Waals surface area contributed by atoms with E-state index in [2.05, 4.69) is 4.98 Å². The second kappa shape index (κ2) is 4.85. The molecular weight excluding hydrogens is 240 g/mol. The minimum atomic E-state index is 0.0508. The van der Waals surface area contributed by atoms with Gasteiger partial charge in [0.25, 0.3) is 5.91 Å². The van der Waals surface area contributed by atoms with Crippen LogP contribution in [0.4, 0.5) is 0 Å². The lowest BCUT2D eigenvalue weighted by Gasteiger charge is -2.16. The van der Waals surface area contributed by atoms with E-state index in [1.165, 1.54) is 0 Å². The Kier molecular flexibility index (Phi) is 3.05. The summed E-state index contributed by atoms with van der Waals surface area (Å²) >= 11 is 0. The van der Waals surface area contributed by atoms with E-state index >= 15 is 0 Å². The minimum absolute atomic E-state index is 0.0508. The molecule has 0 saturated carbocycles. The van der Waals surface area contributed by atoms with E-state index in [1.807, 2.05) is 39.9 Å². The highest BCUT2D eigenvalue weighted by Gasteiger charge is 2.24. The smallest absolute Gasteiger partial charge is 0.253 e. The lowest BCUT2D eigenvalue weighted by atomic mass is 10.1. The van der Waals surface area contributed by atoms with Gasteiger partial charge in [0.05, 0.1) is 6.33 Å². The number of benzene rings is 1. The first kappa shape index (κ1) is 11.9. The summed E-state index contributed by atoms with van der Waals surface area (Å²) in [5.41, 5.74) is 7.47. The molecule has 1 saturated heterocycles. The molecule has 2 heterocycles. The van der Waals surface area contributed by atoms with Crippen molar-refractivity contribution in [1.29, 1.82) is 0 Å². The first-order valence-electron chi connectivity index (χ1n) is 6.37. The zero-order valence-electron chi connectivity index (χ0n) is 10.6. The first-order valence-corrected chi connectivity index (χ1v) is 6.37. The number of aromatic nitrogens is 2. The van der Waals surface area contributed by atoms with Gasteiger partial charge in [-0.2, -0.15) is 0 Å². The second-order valence-corrected chi connectivity index (χ2v) is 4.82. The monoisotopic (exact) mass is 256 g/mol. The average molecular weight is 256 g/mol. The lowest BCUT2D eigenvalue weighted by Crippen LogP contribution is -2.31. The molecule has 0 radical (unpaired) electrons. The van der Waals surface area contributed by atoms with Crippen LogP contribution in [0.5, 0.6) is 0 Å². The summed E-state index contributed by atoms with van der Waals surface area (Å²) < 4.78 is 1.88. The van der Waals surface area contributed by atoms with Crippen LogP contribution in [0.15, 0.2) is 43.0 Å². The summed E-state index contributed by atoms with van der Waals surface area (Å²) in [5.74, 6) is 0.0508. The summed E-state index contributed by atoms with van der Waals surface area (Å²) in [6.07, 6.45) is 6.17. The van der Waals surface area contributed by atoms with Crippen molar-refractivity contribution in [1.82, 2.24) is 14.5 Å². The number of hydrogen-bond acceptors (Lipinski definition) is 3. The van der Waals surface area contributed by atoms with Gasteiger partial charge in [-0.1, -0.05) is 6.07 Å². The predicted molar refractivity (Wildman–Crippen MR) is 72.1 cm³/mol. The van der Waals surface area contributed by atoms with E-state index in [1.54, 1.807) is 12.5 Å². The Morgan fingerprint density at radius 1 is 1.42 bits per heavy atom. The minimum Gasteiger partial charge on any atom is -0.337 e. The Morgan fingerprint density at radius 3 is 3.00 bits per heavy atom. The predicted octanol–water partition coefficient (Wildman–Crippen LogP) is 1.05. The van der Waals surface area contributed by atoms with Gasteiger partial charge in [0.15, 0.2) is 0 Å². The molecule has 0 aliphatic carbocycles. The topological polar surface area (TPSA) is 64.2 Å². The first-order chi connectivity index (χ1) is 9.24. The number of imidazole rings is 1. The Labute approximate surface area is 111 Å². The highest BCUT2D eigenvalue weighted by molar-refractivity contribution is 5.95. The normalized spacial score (nSPS) is 18.8.